The van der Waals surface area contributed by atoms with Gasteiger partial charge in [0, 0.05) is 29.2 Å². The molecule has 10 heteroatoms. The molecule has 1 N–H and O–H groups in total. The Morgan fingerprint density at radius 1 is 1.17 bits per heavy atom. The molecule has 0 saturated carbocycles. The fourth-order valence-corrected chi connectivity index (χ4v) is 3.87. The van der Waals surface area contributed by atoms with Crippen LogP contribution in [0.2, 0.25) is 0 Å². The summed E-state index contributed by atoms with van der Waals surface area (Å²) in [5.41, 5.74) is 1.44. The van der Waals surface area contributed by atoms with Crippen molar-refractivity contribution in [3.05, 3.63) is 74.8 Å². The van der Waals surface area contributed by atoms with E-state index in [1.54, 1.807) is 11.8 Å². The summed E-state index contributed by atoms with van der Waals surface area (Å²) in [6, 6.07) is 13.3. The Kier molecular flexibility index (Phi) is 7.14. The number of amides is 1. The summed E-state index contributed by atoms with van der Waals surface area (Å²) in [7, 11) is 0. The minimum atomic E-state index is -0.512. The third kappa shape index (κ3) is 6.26. The molecule has 29 heavy (non-hydrogen) atoms. The highest BCUT2D eigenvalue weighted by molar-refractivity contribution is 7.98. The average molecular weight is 431 g/mol. The zero-order valence-electron chi connectivity index (χ0n) is 15.5. The number of nitrogens with zero attached hydrogens (tertiary/aromatic N) is 3. The first-order valence-electron chi connectivity index (χ1n) is 8.66. The summed E-state index contributed by atoms with van der Waals surface area (Å²) in [6.07, 6.45) is 0. The Morgan fingerprint density at radius 2 is 1.90 bits per heavy atom. The highest BCUT2D eigenvalue weighted by atomic mass is 32.2. The molecule has 0 saturated heterocycles. The second kappa shape index (κ2) is 9.99. The highest BCUT2D eigenvalue weighted by Crippen LogP contribution is 2.21. The summed E-state index contributed by atoms with van der Waals surface area (Å²) in [5, 5.41) is 22.5. The zero-order valence-corrected chi connectivity index (χ0v) is 17.2. The van der Waals surface area contributed by atoms with E-state index < -0.39 is 4.92 Å². The van der Waals surface area contributed by atoms with Gasteiger partial charge in [0.05, 0.1) is 11.5 Å². The van der Waals surface area contributed by atoms with Crippen LogP contribution in [0.15, 0.2) is 48.5 Å². The maximum absolute atomic E-state index is 12.2. The number of rotatable bonds is 9. The number of non-ortho nitro benzene ring substituents is 1. The highest BCUT2D eigenvalue weighted by Gasteiger charge is 2.12. The van der Waals surface area contributed by atoms with Gasteiger partial charge in [-0.1, -0.05) is 29.0 Å². The lowest BCUT2D eigenvalue weighted by Gasteiger charge is -2.05. The summed E-state index contributed by atoms with van der Waals surface area (Å²) in [5.74, 6) is 1.94. The maximum Gasteiger partial charge on any atom is 0.269 e. The molecule has 1 amide bonds. The number of aromatic nitrogens is 2. The number of thioether (sulfide) groups is 1. The van der Waals surface area contributed by atoms with Gasteiger partial charge in [-0.05, 0) is 31.2 Å². The van der Waals surface area contributed by atoms with Gasteiger partial charge in [0.1, 0.15) is 10.8 Å². The number of nitro benzene ring substituents is 1. The van der Waals surface area contributed by atoms with Crippen LogP contribution in [-0.4, -0.2) is 33.4 Å². The molecule has 0 aliphatic rings. The van der Waals surface area contributed by atoms with Crippen LogP contribution in [0.4, 0.5) is 10.8 Å². The van der Waals surface area contributed by atoms with Gasteiger partial charge in [-0.2, -0.15) is 11.8 Å². The first-order valence-corrected chi connectivity index (χ1v) is 10.6. The molecule has 1 heterocycles. The van der Waals surface area contributed by atoms with E-state index in [4.69, 9.17) is 4.74 Å². The number of benzene rings is 2. The molecule has 0 atom stereocenters. The van der Waals surface area contributed by atoms with E-state index in [1.807, 2.05) is 31.2 Å². The molecule has 3 aromatic rings. The van der Waals surface area contributed by atoms with Gasteiger partial charge in [0.15, 0.2) is 0 Å². The predicted molar refractivity (Wildman–Crippen MR) is 114 cm³/mol. The minimum Gasteiger partial charge on any atom is -0.493 e. The molecule has 8 nitrogen and oxygen atoms in total. The number of ether oxygens (including phenoxy) is 1. The number of anilines is 1. The molecule has 1 aromatic heterocycles. The van der Waals surface area contributed by atoms with Crippen LogP contribution < -0.4 is 10.1 Å². The number of nitro groups is 1. The molecule has 0 unspecified atom stereocenters. The third-order valence-corrected chi connectivity index (χ3v) is 5.72. The van der Waals surface area contributed by atoms with Gasteiger partial charge < -0.3 is 4.74 Å². The molecule has 0 aliphatic heterocycles. The first kappa shape index (κ1) is 20.7. The van der Waals surface area contributed by atoms with E-state index in [0.717, 1.165) is 16.5 Å². The molecule has 0 spiro atoms. The van der Waals surface area contributed by atoms with Gasteiger partial charge in [-0.15, -0.1) is 10.2 Å². The van der Waals surface area contributed by atoms with Crippen LogP contribution in [0.25, 0.3) is 0 Å². The van der Waals surface area contributed by atoms with Gasteiger partial charge in [0.25, 0.3) is 11.6 Å². The lowest BCUT2D eigenvalue weighted by molar-refractivity contribution is -0.384. The topological polar surface area (TPSA) is 107 Å². The fraction of sp³-hybridized carbons (Fsp3) is 0.211. The Labute approximate surface area is 175 Å². The zero-order chi connectivity index (χ0) is 20.6. The van der Waals surface area contributed by atoms with Crippen LogP contribution in [0.3, 0.4) is 0 Å². The molecular formula is C19H18N4O4S2. The standard InChI is InChI=1S/C19H18N4O4S2/c1-13-2-8-16(9-3-13)27-10-11-28-12-17-21-22-19(29-17)20-18(24)14-4-6-15(7-5-14)23(25)26/h2-9H,10-12H2,1H3,(H,20,22,24). The Morgan fingerprint density at radius 3 is 2.59 bits per heavy atom. The monoisotopic (exact) mass is 430 g/mol. The van der Waals surface area contributed by atoms with Crippen molar-refractivity contribution in [2.75, 3.05) is 17.7 Å². The largest absolute Gasteiger partial charge is 0.493 e. The van der Waals surface area contributed by atoms with Crippen LogP contribution >= 0.6 is 23.1 Å². The van der Waals surface area contributed by atoms with Crippen LogP contribution in [-0.2, 0) is 5.75 Å². The molecular weight excluding hydrogens is 412 g/mol. The third-order valence-electron chi connectivity index (χ3n) is 3.77. The van der Waals surface area contributed by atoms with E-state index in [1.165, 1.54) is 41.2 Å². The minimum absolute atomic E-state index is 0.0665. The number of nitrogens with one attached hydrogen (secondary N) is 1. The van der Waals surface area contributed by atoms with Crippen molar-refractivity contribution < 1.29 is 14.5 Å². The van der Waals surface area contributed by atoms with Crippen molar-refractivity contribution in [2.24, 2.45) is 0 Å². The van der Waals surface area contributed by atoms with Crippen LogP contribution in [0.5, 0.6) is 5.75 Å². The van der Waals surface area contributed by atoms with Gasteiger partial charge in [-0.25, -0.2) is 0 Å². The fourth-order valence-electron chi connectivity index (χ4n) is 2.28. The van der Waals surface area contributed by atoms with Crippen molar-refractivity contribution in [2.45, 2.75) is 12.7 Å². The molecule has 0 bridgehead atoms. The quantitative estimate of drug-likeness (QED) is 0.306. The van der Waals surface area contributed by atoms with E-state index in [9.17, 15) is 14.9 Å². The van der Waals surface area contributed by atoms with Gasteiger partial charge in [0.2, 0.25) is 5.13 Å². The van der Waals surface area contributed by atoms with Gasteiger partial charge in [-0.3, -0.25) is 20.2 Å². The summed E-state index contributed by atoms with van der Waals surface area (Å²) >= 11 is 2.96. The van der Waals surface area contributed by atoms with Crippen LogP contribution in [0.1, 0.15) is 20.9 Å². The number of aryl methyl sites for hydroxylation is 1. The Hall–Kier alpha value is -2.98. The number of hydrogen-bond acceptors (Lipinski definition) is 8. The summed E-state index contributed by atoms with van der Waals surface area (Å²) in [4.78, 5) is 22.4. The lowest BCUT2D eigenvalue weighted by atomic mass is 10.2. The van der Waals surface area contributed by atoms with E-state index >= 15 is 0 Å². The smallest absolute Gasteiger partial charge is 0.269 e. The van der Waals surface area contributed by atoms with Crippen molar-refractivity contribution >= 4 is 39.8 Å². The molecule has 3 rings (SSSR count). The molecule has 0 fully saturated rings. The predicted octanol–water partition coefficient (Wildman–Crippen LogP) is 4.32. The van der Waals surface area contributed by atoms with Crippen molar-refractivity contribution in [3.63, 3.8) is 0 Å². The lowest BCUT2D eigenvalue weighted by Crippen LogP contribution is -2.11. The number of carbonyl (C=O) groups excluding carboxylic acids is 1. The van der Waals surface area contributed by atoms with Crippen molar-refractivity contribution in [1.29, 1.82) is 0 Å². The van der Waals surface area contributed by atoms with Gasteiger partial charge >= 0.3 is 0 Å². The summed E-state index contributed by atoms with van der Waals surface area (Å²) < 4.78 is 5.68. The average Bonchev–Trinajstić information content (AvgIpc) is 3.16. The van der Waals surface area contributed by atoms with E-state index in [-0.39, 0.29) is 11.6 Å². The Balaban J connectivity index is 1.41. The maximum atomic E-state index is 12.2. The van der Waals surface area contributed by atoms with E-state index in [2.05, 4.69) is 15.5 Å². The van der Waals surface area contributed by atoms with Crippen molar-refractivity contribution in [3.8, 4) is 5.75 Å². The molecule has 2 aromatic carbocycles. The van der Waals surface area contributed by atoms with E-state index in [0.29, 0.717) is 23.1 Å². The Bertz CT molecular complexity index is 975. The second-order valence-corrected chi connectivity index (χ2v) is 8.14. The van der Waals surface area contributed by atoms with Crippen molar-refractivity contribution in [1.82, 2.24) is 10.2 Å². The molecule has 0 aliphatic carbocycles. The second-order valence-electron chi connectivity index (χ2n) is 5.97. The normalized spacial score (nSPS) is 10.5. The molecule has 150 valence electrons. The number of carbonyl (C=O) groups is 1. The SMILES string of the molecule is Cc1ccc(OCCSCc2nnc(NC(=O)c3ccc([N+](=O)[O-])cc3)s2)cc1. The molecule has 0 radical (unpaired) electrons. The first-order chi connectivity index (χ1) is 14.0. The van der Waals surface area contributed by atoms with Crippen LogP contribution in [0, 0.1) is 17.0 Å². The summed E-state index contributed by atoms with van der Waals surface area (Å²) in [6.45, 7) is 2.63. The number of hydrogen-bond donors (Lipinski definition) is 1.